The molecule has 1 nitrogen and oxygen atoms in total. The molecule has 0 amide bonds. The first-order valence-electron chi connectivity index (χ1n) is 6.61. The zero-order valence-corrected chi connectivity index (χ0v) is 10.9. The number of rotatable bonds is 7. The fourth-order valence-corrected chi connectivity index (χ4v) is 1.98. The molecule has 0 saturated heterocycles. The average molecular weight is 219 g/mol. The van der Waals surface area contributed by atoms with Crippen molar-refractivity contribution < 1.29 is 0 Å². The average Bonchev–Trinajstić information content (AvgIpc) is 2.35. The summed E-state index contributed by atoms with van der Waals surface area (Å²) < 4.78 is 0. The Kier molecular flexibility index (Phi) is 5.99. The quantitative estimate of drug-likeness (QED) is 0.611. The van der Waals surface area contributed by atoms with Crippen molar-refractivity contribution in [2.24, 2.45) is 0 Å². The van der Waals surface area contributed by atoms with E-state index in [1.807, 2.05) is 0 Å². The van der Waals surface area contributed by atoms with Crippen molar-refractivity contribution >= 4 is 5.69 Å². The summed E-state index contributed by atoms with van der Waals surface area (Å²) in [6, 6.07) is 11.4. The van der Waals surface area contributed by atoms with Gasteiger partial charge in [-0.05, 0) is 31.9 Å². The highest BCUT2D eigenvalue weighted by Crippen LogP contribution is 2.18. The van der Waals surface area contributed by atoms with Gasteiger partial charge in [-0.1, -0.05) is 44.9 Å². The molecule has 0 N–H and O–H groups in total. The van der Waals surface area contributed by atoms with Crippen LogP contribution in [0, 0.1) is 0 Å². The van der Waals surface area contributed by atoms with Crippen molar-refractivity contribution in [3.8, 4) is 0 Å². The van der Waals surface area contributed by atoms with Gasteiger partial charge in [-0.25, -0.2) is 0 Å². The molecular formula is C15H25N. The molecule has 1 atom stereocenters. The van der Waals surface area contributed by atoms with E-state index in [1.165, 1.54) is 37.9 Å². The maximum absolute atomic E-state index is 2.54. The number of anilines is 1. The van der Waals surface area contributed by atoms with E-state index < -0.39 is 0 Å². The summed E-state index contributed by atoms with van der Waals surface area (Å²) in [5.41, 5.74) is 1.37. The maximum atomic E-state index is 2.54. The maximum Gasteiger partial charge on any atom is 0.0368 e. The second kappa shape index (κ2) is 7.32. The number of unbranched alkanes of at least 4 members (excludes halogenated alkanes) is 2. The normalized spacial score (nSPS) is 12.4. The Hall–Kier alpha value is -0.980. The topological polar surface area (TPSA) is 3.24 Å². The smallest absolute Gasteiger partial charge is 0.0368 e. The van der Waals surface area contributed by atoms with E-state index in [0.29, 0.717) is 6.04 Å². The van der Waals surface area contributed by atoms with Gasteiger partial charge in [0.1, 0.15) is 0 Å². The summed E-state index contributed by atoms with van der Waals surface area (Å²) in [6.07, 6.45) is 5.14. The van der Waals surface area contributed by atoms with Crippen molar-refractivity contribution in [1.82, 2.24) is 0 Å². The fourth-order valence-electron chi connectivity index (χ4n) is 1.98. The van der Waals surface area contributed by atoms with Gasteiger partial charge in [-0.2, -0.15) is 0 Å². The Morgan fingerprint density at radius 1 is 1.06 bits per heavy atom. The van der Waals surface area contributed by atoms with Gasteiger partial charge in [0, 0.05) is 18.3 Å². The lowest BCUT2D eigenvalue weighted by Gasteiger charge is -2.31. The molecular weight excluding hydrogens is 194 g/mol. The molecule has 1 aromatic carbocycles. The number of nitrogens with zero attached hydrogens (tertiary/aromatic N) is 1. The van der Waals surface area contributed by atoms with Crippen LogP contribution in [0.4, 0.5) is 5.69 Å². The van der Waals surface area contributed by atoms with Crippen LogP contribution in [0.5, 0.6) is 0 Å². The van der Waals surface area contributed by atoms with Crippen molar-refractivity contribution in [3.63, 3.8) is 0 Å². The molecule has 0 radical (unpaired) electrons. The summed E-state index contributed by atoms with van der Waals surface area (Å²) in [5.74, 6) is 0. The Bertz CT molecular complexity index is 268. The van der Waals surface area contributed by atoms with E-state index in [4.69, 9.17) is 0 Å². The molecule has 0 saturated carbocycles. The number of hydrogen-bond donors (Lipinski definition) is 0. The minimum atomic E-state index is 0.638. The second-order valence-electron chi connectivity index (χ2n) is 4.49. The van der Waals surface area contributed by atoms with Crippen LogP contribution in [0.2, 0.25) is 0 Å². The van der Waals surface area contributed by atoms with Gasteiger partial charge in [0.15, 0.2) is 0 Å². The van der Waals surface area contributed by atoms with Crippen molar-refractivity contribution in [2.45, 2.75) is 52.5 Å². The summed E-state index contributed by atoms with van der Waals surface area (Å²) >= 11 is 0. The number of para-hydroxylation sites is 1. The zero-order valence-electron chi connectivity index (χ0n) is 10.9. The molecule has 0 aliphatic heterocycles. The molecule has 1 aromatic rings. The van der Waals surface area contributed by atoms with Gasteiger partial charge < -0.3 is 4.90 Å². The molecule has 16 heavy (non-hydrogen) atoms. The first-order valence-corrected chi connectivity index (χ1v) is 6.61. The molecule has 0 aromatic heterocycles. The number of benzene rings is 1. The summed E-state index contributed by atoms with van der Waals surface area (Å²) in [6.45, 7) is 8.03. The van der Waals surface area contributed by atoms with Gasteiger partial charge in [-0.15, -0.1) is 0 Å². The molecule has 0 heterocycles. The van der Waals surface area contributed by atoms with Gasteiger partial charge in [0.05, 0.1) is 0 Å². The minimum absolute atomic E-state index is 0.638. The molecule has 0 fully saturated rings. The lowest BCUT2D eigenvalue weighted by Crippen LogP contribution is -2.33. The Morgan fingerprint density at radius 3 is 2.31 bits per heavy atom. The van der Waals surface area contributed by atoms with E-state index in [0.717, 1.165) is 0 Å². The zero-order chi connectivity index (χ0) is 11.8. The minimum Gasteiger partial charge on any atom is -0.369 e. The van der Waals surface area contributed by atoms with E-state index in [-0.39, 0.29) is 0 Å². The largest absolute Gasteiger partial charge is 0.369 e. The first-order chi connectivity index (χ1) is 7.79. The predicted molar refractivity (Wildman–Crippen MR) is 73.1 cm³/mol. The van der Waals surface area contributed by atoms with E-state index >= 15 is 0 Å². The first kappa shape index (κ1) is 13.1. The van der Waals surface area contributed by atoms with E-state index in [1.54, 1.807) is 0 Å². The van der Waals surface area contributed by atoms with Crippen LogP contribution in [0.15, 0.2) is 30.3 Å². The molecule has 1 unspecified atom stereocenters. The molecule has 0 aliphatic carbocycles. The Morgan fingerprint density at radius 2 is 1.75 bits per heavy atom. The van der Waals surface area contributed by atoms with Crippen LogP contribution >= 0.6 is 0 Å². The van der Waals surface area contributed by atoms with E-state index in [9.17, 15) is 0 Å². The van der Waals surface area contributed by atoms with Gasteiger partial charge >= 0.3 is 0 Å². The highest BCUT2D eigenvalue weighted by molar-refractivity contribution is 5.46. The van der Waals surface area contributed by atoms with Gasteiger partial charge in [0.2, 0.25) is 0 Å². The van der Waals surface area contributed by atoms with Crippen LogP contribution < -0.4 is 4.90 Å². The predicted octanol–water partition coefficient (Wildman–Crippen LogP) is 4.48. The van der Waals surface area contributed by atoms with Crippen molar-refractivity contribution in [3.05, 3.63) is 30.3 Å². The molecule has 0 aliphatic rings. The van der Waals surface area contributed by atoms with Crippen LogP contribution in [-0.2, 0) is 0 Å². The summed E-state index contributed by atoms with van der Waals surface area (Å²) in [4.78, 5) is 2.54. The van der Waals surface area contributed by atoms with Crippen molar-refractivity contribution in [1.29, 1.82) is 0 Å². The third kappa shape index (κ3) is 3.88. The molecule has 90 valence electrons. The SMILES string of the molecule is CCCCCN(c1ccccc1)C(C)CC. The fraction of sp³-hybridized carbons (Fsp3) is 0.600. The van der Waals surface area contributed by atoms with E-state index in [2.05, 4.69) is 56.0 Å². The third-order valence-corrected chi connectivity index (χ3v) is 3.21. The van der Waals surface area contributed by atoms with Gasteiger partial charge in [0.25, 0.3) is 0 Å². The van der Waals surface area contributed by atoms with Crippen LogP contribution in [-0.4, -0.2) is 12.6 Å². The standard InChI is InChI=1S/C15H25N/c1-4-6-10-13-16(14(3)5-2)15-11-8-7-9-12-15/h7-9,11-12,14H,4-6,10,13H2,1-3H3. The third-order valence-electron chi connectivity index (χ3n) is 3.21. The van der Waals surface area contributed by atoms with Crippen molar-refractivity contribution in [2.75, 3.05) is 11.4 Å². The monoisotopic (exact) mass is 219 g/mol. The lowest BCUT2D eigenvalue weighted by atomic mass is 10.1. The summed E-state index contributed by atoms with van der Waals surface area (Å²) in [7, 11) is 0. The van der Waals surface area contributed by atoms with Crippen LogP contribution in [0.25, 0.3) is 0 Å². The van der Waals surface area contributed by atoms with Crippen LogP contribution in [0.3, 0.4) is 0 Å². The highest BCUT2D eigenvalue weighted by Gasteiger charge is 2.11. The molecule has 1 rings (SSSR count). The number of hydrogen-bond acceptors (Lipinski definition) is 1. The Balaban J connectivity index is 2.64. The second-order valence-corrected chi connectivity index (χ2v) is 4.49. The highest BCUT2D eigenvalue weighted by atomic mass is 15.2. The molecule has 1 heteroatoms. The molecule has 0 bridgehead atoms. The molecule has 0 spiro atoms. The lowest BCUT2D eigenvalue weighted by molar-refractivity contribution is 0.585. The summed E-state index contributed by atoms with van der Waals surface area (Å²) in [5, 5.41) is 0. The van der Waals surface area contributed by atoms with Gasteiger partial charge in [-0.3, -0.25) is 0 Å². The Labute approximate surface area is 100 Å². The van der Waals surface area contributed by atoms with Crippen LogP contribution in [0.1, 0.15) is 46.5 Å².